The molecule has 0 saturated heterocycles. The highest BCUT2D eigenvalue weighted by Crippen LogP contribution is 2.33. The summed E-state index contributed by atoms with van der Waals surface area (Å²) in [6.07, 6.45) is 4.18. The van der Waals surface area contributed by atoms with E-state index >= 15 is 0 Å². The third kappa shape index (κ3) is 2.99. The molecule has 1 aliphatic carbocycles. The van der Waals surface area contributed by atoms with Crippen LogP contribution in [-0.4, -0.2) is 23.9 Å². The molecule has 3 N–H and O–H groups in total. The van der Waals surface area contributed by atoms with Crippen molar-refractivity contribution < 1.29 is 9.84 Å². The Morgan fingerprint density at radius 3 is 2.94 bits per heavy atom. The number of hydrogen-bond donors (Lipinski definition) is 2. The molecule has 17 heavy (non-hydrogen) atoms. The molecule has 0 bridgehead atoms. The second kappa shape index (κ2) is 5.07. The average Bonchev–Trinajstić information content (AvgIpc) is 2.29. The Kier molecular flexibility index (Phi) is 3.69. The Hall–Kier alpha value is -1.06. The van der Waals surface area contributed by atoms with Gasteiger partial charge in [0.05, 0.1) is 12.7 Å². The average molecular weight is 235 g/mol. The first kappa shape index (κ1) is 12.4. The van der Waals surface area contributed by atoms with Crippen LogP contribution < -0.4 is 10.5 Å². The van der Waals surface area contributed by atoms with Crippen LogP contribution >= 0.6 is 0 Å². The van der Waals surface area contributed by atoms with Crippen molar-refractivity contribution in [3.05, 3.63) is 29.8 Å². The van der Waals surface area contributed by atoms with Gasteiger partial charge in [0.1, 0.15) is 5.75 Å². The molecule has 1 aromatic rings. The lowest BCUT2D eigenvalue weighted by Crippen LogP contribution is -2.42. The molecule has 3 nitrogen and oxygen atoms in total. The van der Waals surface area contributed by atoms with Crippen molar-refractivity contribution >= 4 is 0 Å². The van der Waals surface area contributed by atoms with Crippen molar-refractivity contribution in [1.82, 2.24) is 0 Å². The predicted molar refractivity (Wildman–Crippen MR) is 68.1 cm³/mol. The summed E-state index contributed by atoms with van der Waals surface area (Å²) in [7, 11) is 1.66. The molecule has 2 atom stereocenters. The van der Waals surface area contributed by atoms with E-state index in [-0.39, 0.29) is 6.04 Å². The fourth-order valence-electron chi connectivity index (χ4n) is 2.75. The van der Waals surface area contributed by atoms with E-state index in [1.807, 2.05) is 24.3 Å². The van der Waals surface area contributed by atoms with Gasteiger partial charge in [-0.15, -0.1) is 0 Å². The number of ether oxygens (including phenoxy) is 1. The van der Waals surface area contributed by atoms with Gasteiger partial charge in [0, 0.05) is 12.5 Å². The van der Waals surface area contributed by atoms with Gasteiger partial charge < -0.3 is 15.6 Å². The second-order valence-corrected chi connectivity index (χ2v) is 5.07. The van der Waals surface area contributed by atoms with Gasteiger partial charge in [-0.2, -0.15) is 0 Å². The fourth-order valence-corrected chi connectivity index (χ4v) is 2.75. The topological polar surface area (TPSA) is 55.5 Å². The van der Waals surface area contributed by atoms with Gasteiger partial charge in [0.25, 0.3) is 0 Å². The zero-order valence-electron chi connectivity index (χ0n) is 10.4. The summed E-state index contributed by atoms with van der Waals surface area (Å²) in [6, 6.07) is 7.99. The summed E-state index contributed by atoms with van der Waals surface area (Å²) in [5.41, 5.74) is 6.34. The molecule has 0 aromatic heterocycles. The standard InChI is InChI=1S/C14H21NO2/c1-17-13-7-3-2-5-11(13)9-14(16)8-4-6-12(15)10-14/h2-3,5,7,12,16H,4,6,8-10,15H2,1H3. The normalized spacial score (nSPS) is 29.0. The lowest BCUT2D eigenvalue weighted by atomic mass is 9.78. The van der Waals surface area contributed by atoms with E-state index in [0.717, 1.165) is 30.6 Å². The number of rotatable bonds is 3. The maximum atomic E-state index is 10.6. The summed E-state index contributed by atoms with van der Waals surface area (Å²) in [4.78, 5) is 0. The number of hydrogen-bond acceptors (Lipinski definition) is 3. The molecule has 0 amide bonds. The minimum atomic E-state index is -0.660. The van der Waals surface area contributed by atoms with Gasteiger partial charge in [-0.25, -0.2) is 0 Å². The highest BCUT2D eigenvalue weighted by Gasteiger charge is 2.33. The molecule has 1 saturated carbocycles. The molecule has 0 aliphatic heterocycles. The number of benzene rings is 1. The molecule has 1 fully saturated rings. The van der Waals surface area contributed by atoms with E-state index in [9.17, 15) is 5.11 Å². The highest BCUT2D eigenvalue weighted by atomic mass is 16.5. The van der Waals surface area contributed by atoms with E-state index < -0.39 is 5.60 Å². The molecule has 3 heteroatoms. The summed E-state index contributed by atoms with van der Waals surface area (Å²) in [5.74, 6) is 0.847. The van der Waals surface area contributed by atoms with Gasteiger partial charge in [0.15, 0.2) is 0 Å². The Morgan fingerprint density at radius 1 is 1.47 bits per heavy atom. The number of nitrogens with two attached hydrogens (primary N) is 1. The molecular weight excluding hydrogens is 214 g/mol. The largest absolute Gasteiger partial charge is 0.496 e. The van der Waals surface area contributed by atoms with Crippen molar-refractivity contribution in [3.8, 4) is 5.75 Å². The monoisotopic (exact) mass is 235 g/mol. The van der Waals surface area contributed by atoms with E-state index in [0.29, 0.717) is 12.8 Å². The molecule has 2 unspecified atom stereocenters. The SMILES string of the molecule is COc1ccccc1CC1(O)CCCC(N)C1. The van der Waals surface area contributed by atoms with Crippen LogP contribution in [0, 0.1) is 0 Å². The van der Waals surface area contributed by atoms with Gasteiger partial charge in [-0.3, -0.25) is 0 Å². The molecule has 0 spiro atoms. The quantitative estimate of drug-likeness (QED) is 0.841. The molecule has 0 heterocycles. The molecule has 1 aliphatic rings. The Labute approximate surface area is 103 Å². The van der Waals surface area contributed by atoms with Crippen molar-refractivity contribution in [3.63, 3.8) is 0 Å². The smallest absolute Gasteiger partial charge is 0.122 e. The zero-order valence-corrected chi connectivity index (χ0v) is 10.4. The van der Waals surface area contributed by atoms with Crippen LogP contribution in [0.4, 0.5) is 0 Å². The third-order valence-corrected chi connectivity index (χ3v) is 3.57. The summed E-state index contributed by atoms with van der Waals surface area (Å²) in [5, 5.41) is 10.6. The van der Waals surface area contributed by atoms with E-state index in [2.05, 4.69) is 0 Å². The maximum Gasteiger partial charge on any atom is 0.122 e. The van der Waals surface area contributed by atoms with E-state index in [4.69, 9.17) is 10.5 Å². The highest BCUT2D eigenvalue weighted by molar-refractivity contribution is 5.34. The predicted octanol–water partition coefficient (Wildman–Crippen LogP) is 1.87. The zero-order chi connectivity index (χ0) is 12.3. The summed E-state index contributed by atoms with van der Waals surface area (Å²) < 4.78 is 5.32. The lowest BCUT2D eigenvalue weighted by molar-refractivity contribution is -0.00232. The Morgan fingerprint density at radius 2 is 2.24 bits per heavy atom. The van der Waals surface area contributed by atoms with Crippen molar-refractivity contribution in [2.24, 2.45) is 5.73 Å². The van der Waals surface area contributed by atoms with Crippen LogP contribution in [0.25, 0.3) is 0 Å². The molecule has 94 valence electrons. The van der Waals surface area contributed by atoms with E-state index in [1.165, 1.54) is 0 Å². The van der Waals surface area contributed by atoms with Gasteiger partial charge in [-0.05, 0) is 37.3 Å². The fraction of sp³-hybridized carbons (Fsp3) is 0.571. The van der Waals surface area contributed by atoms with Gasteiger partial charge in [-0.1, -0.05) is 18.2 Å². The van der Waals surface area contributed by atoms with Gasteiger partial charge in [0.2, 0.25) is 0 Å². The van der Waals surface area contributed by atoms with Crippen LogP contribution in [0.5, 0.6) is 5.75 Å². The van der Waals surface area contributed by atoms with Crippen LogP contribution in [0.3, 0.4) is 0 Å². The van der Waals surface area contributed by atoms with Gasteiger partial charge >= 0.3 is 0 Å². The molecule has 1 aromatic carbocycles. The summed E-state index contributed by atoms with van der Waals surface area (Å²) in [6.45, 7) is 0. The number of methoxy groups -OCH3 is 1. The number of aliphatic hydroxyl groups is 1. The Balaban J connectivity index is 2.13. The number of para-hydroxylation sites is 1. The van der Waals surface area contributed by atoms with Crippen LogP contribution in [0.1, 0.15) is 31.2 Å². The molecule has 0 radical (unpaired) electrons. The first-order valence-corrected chi connectivity index (χ1v) is 6.23. The first-order chi connectivity index (χ1) is 8.13. The minimum absolute atomic E-state index is 0.128. The maximum absolute atomic E-state index is 10.6. The van der Waals surface area contributed by atoms with Crippen LogP contribution in [0.2, 0.25) is 0 Å². The van der Waals surface area contributed by atoms with Crippen molar-refractivity contribution in [2.45, 2.75) is 43.7 Å². The van der Waals surface area contributed by atoms with Crippen molar-refractivity contribution in [1.29, 1.82) is 0 Å². The Bertz CT molecular complexity index is 380. The van der Waals surface area contributed by atoms with E-state index in [1.54, 1.807) is 7.11 Å². The van der Waals surface area contributed by atoms with Crippen molar-refractivity contribution in [2.75, 3.05) is 7.11 Å². The summed E-state index contributed by atoms with van der Waals surface area (Å²) >= 11 is 0. The third-order valence-electron chi connectivity index (χ3n) is 3.57. The molecule has 2 rings (SSSR count). The minimum Gasteiger partial charge on any atom is -0.496 e. The van der Waals surface area contributed by atoms with Crippen LogP contribution in [-0.2, 0) is 6.42 Å². The van der Waals surface area contributed by atoms with Crippen LogP contribution in [0.15, 0.2) is 24.3 Å². The second-order valence-electron chi connectivity index (χ2n) is 5.07. The lowest BCUT2D eigenvalue weighted by Gasteiger charge is -2.35. The molecular formula is C14H21NO2. The first-order valence-electron chi connectivity index (χ1n) is 6.23.